The molecule has 5 nitrogen and oxygen atoms in total. The number of rotatable bonds is 5. The molecule has 0 aliphatic carbocycles. The minimum Gasteiger partial charge on any atom is -0.360 e. The van der Waals surface area contributed by atoms with E-state index in [2.05, 4.69) is 15.4 Å². The number of carbonyl (C=O) groups is 1. The van der Waals surface area contributed by atoms with Gasteiger partial charge in [0, 0.05) is 34.4 Å². The van der Waals surface area contributed by atoms with Gasteiger partial charge in [-0.1, -0.05) is 41.9 Å². The average molecular weight is 392 g/mol. The second kappa shape index (κ2) is 7.84. The molecule has 0 radical (unpaired) electrons. The van der Waals surface area contributed by atoms with Gasteiger partial charge in [-0.3, -0.25) is 14.6 Å². The lowest BCUT2D eigenvalue weighted by molar-refractivity contribution is 0.0366. The van der Waals surface area contributed by atoms with Crippen molar-refractivity contribution < 1.29 is 9.63 Å². The molecule has 0 bridgehead atoms. The van der Waals surface area contributed by atoms with Gasteiger partial charge in [-0.15, -0.1) is 0 Å². The van der Waals surface area contributed by atoms with Gasteiger partial charge in [-0.2, -0.15) is 0 Å². The normalized spacial score (nSPS) is 10.9. The van der Waals surface area contributed by atoms with Gasteiger partial charge in [0.1, 0.15) is 0 Å². The lowest BCUT2D eigenvalue weighted by Crippen LogP contribution is -2.23. The number of hydroxylamine groups is 1. The van der Waals surface area contributed by atoms with E-state index in [0.29, 0.717) is 17.2 Å². The number of nitrogens with zero attached hydrogens (tertiary/aromatic N) is 1. The molecule has 28 heavy (non-hydrogen) atoms. The lowest BCUT2D eigenvalue weighted by atomic mass is 10.00. The monoisotopic (exact) mass is 391 g/mol. The van der Waals surface area contributed by atoms with Crippen LogP contribution >= 0.6 is 11.6 Å². The minimum absolute atomic E-state index is 0.299. The Kier molecular flexibility index (Phi) is 5.10. The molecule has 0 fully saturated rings. The summed E-state index contributed by atoms with van der Waals surface area (Å²) in [5.41, 5.74) is 7.48. The van der Waals surface area contributed by atoms with Gasteiger partial charge in [0.2, 0.25) is 0 Å². The first-order chi connectivity index (χ1) is 13.7. The molecular formula is C22H18ClN3O2. The van der Waals surface area contributed by atoms with Gasteiger partial charge in [0.25, 0.3) is 5.91 Å². The van der Waals surface area contributed by atoms with Crippen molar-refractivity contribution in [2.75, 3.05) is 6.61 Å². The fourth-order valence-corrected chi connectivity index (χ4v) is 3.37. The van der Waals surface area contributed by atoms with E-state index in [0.717, 1.165) is 33.3 Å². The van der Waals surface area contributed by atoms with Gasteiger partial charge in [0.15, 0.2) is 0 Å². The molecule has 4 aromatic rings. The van der Waals surface area contributed by atoms with Crippen LogP contribution in [0.25, 0.3) is 33.3 Å². The van der Waals surface area contributed by atoms with Crippen LogP contribution in [0.15, 0.2) is 67.0 Å². The maximum Gasteiger partial charge on any atom is 0.277 e. The molecule has 0 spiro atoms. The van der Waals surface area contributed by atoms with E-state index in [-0.39, 0.29) is 5.91 Å². The van der Waals surface area contributed by atoms with Crippen LogP contribution in [0.1, 0.15) is 17.3 Å². The first-order valence-electron chi connectivity index (χ1n) is 8.92. The summed E-state index contributed by atoms with van der Waals surface area (Å²) in [5.74, 6) is -0.299. The third-order valence-corrected chi connectivity index (χ3v) is 4.79. The summed E-state index contributed by atoms with van der Waals surface area (Å²) in [6.07, 6.45) is 3.43. The highest BCUT2D eigenvalue weighted by Gasteiger charge is 2.15. The largest absolute Gasteiger partial charge is 0.360 e. The molecule has 140 valence electrons. The smallest absolute Gasteiger partial charge is 0.277 e. The molecule has 0 aliphatic rings. The van der Waals surface area contributed by atoms with Crippen molar-refractivity contribution in [3.05, 3.63) is 77.6 Å². The predicted octanol–water partition coefficient (Wildman–Crippen LogP) is 5.23. The van der Waals surface area contributed by atoms with Gasteiger partial charge in [0.05, 0.1) is 22.9 Å². The Balaban J connectivity index is 1.72. The molecule has 4 rings (SSSR count). The van der Waals surface area contributed by atoms with Crippen LogP contribution in [0.5, 0.6) is 0 Å². The van der Waals surface area contributed by atoms with Crippen LogP contribution in [0, 0.1) is 0 Å². The van der Waals surface area contributed by atoms with E-state index in [1.165, 1.54) is 0 Å². The number of fused-ring (bicyclic) bond motifs is 1. The molecule has 0 saturated carbocycles. The Bertz CT molecular complexity index is 1120. The number of amides is 1. The average Bonchev–Trinajstić information content (AvgIpc) is 3.15. The number of pyridine rings is 1. The van der Waals surface area contributed by atoms with Crippen molar-refractivity contribution in [1.29, 1.82) is 0 Å². The van der Waals surface area contributed by atoms with Crippen LogP contribution in [-0.2, 0) is 4.84 Å². The van der Waals surface area contributed by atoms with Gasteiger partial charge in [-0.05, 0) is 36.8 Å². The van der Waals surface area contributed by atoms with Crippen LogP contribution in [0.2, 0.25) is 5.02 Å². The standard InChI is InChI=1S/C22H18ClN3O2/c1-2-28-26-22(27)18-13-25-21-12-19(23)16(11-17(18)21)14-6-8-15(9-7-14)20-5-3-4-10-24-20/h3-13,25H,2H2,1H3,(H,26,27). The fraction of sp³-hybridized carbons (Fsp3) is 0.0909. The highest BCUT2D eigenvalue weighted by atomic mass is 35.5. The van der Waals surface area contributed by atoms with Gasteiger partial charge < -0.3 is 4.98 Å². The minimum atomic E-state index is -0.299. The second-order valence-electron chi connectivity index (χ2n) is 6.24. The first-order valence-corrected chi connectivity index (χ1v) is 9.29. The molecule has 2 aromatic carbocycles. The first kappa shape index (κ1) is 18.2. The molecule has 6 heteroatoms. The number of benzene rings is 2. The zero-order valence-electron chi connectivity index (χ0n) is 15.2. The summed E-state index contributed by atoms with van der Waals surface area (Å²) >= 11 is 6.51. The molecule has 0 saturated heterocycles. The predicted molar refractivity (Wildman–Crippen MR) is 111 cm³/mol. The highest BCUT2D eigenvalue weighted by Crippen LogP contribution is 2.34. The Labute approximate surface area is 167 Å². The molecule has 0 aliphatic heterocycles. The zero-order valence-corrected chi connectivity index (χ0v) is 16.0. The fourth-order valence-electron chi connectivity index (χ4n) is 3.10. The van der Waals surface area contributed by atoms with E-state index in [1.807, 2.05) is 61.5 Å². The van der Waals surface area contributed by atoms with Crippen molar-refractivity contribution in [1.82, 2.24) is 15.4 Å². The molecule has 2 aromatic heterocycles. The third-order valence-electron chi connectivity index (χ3n) is 4.48. The summed E-state index contributed by atoms with van der Waals surface area (Å²) < 4.78 is 0. The Hall–Kier alpha value is -3.15. The summed E-state index contributed by atoms with van der Waals surface area (Å²) in [7, 11) is 0. The number of aromatic nitrogens is 2. The van der Waals surface area contributed by atoms with Crippen molar-refractivity contribution in [3.63, 3.8) is 0 Å². The summed E-state index contributed by atoms with van der Waals surface area (Å²) in [5, 5.41) is 1.39. The summed E-state index contributed by atoms with van der Waals surface area (Å²) in [6, 6.07) is 17.6. The number of H-pyrrole nitrogens is 1. The number of aromatic amines is 1. The van der Waals surface area contributed by atoms with Crippen LogP contribution in [-0.4, -0.2) is 22.5 Å². The molecule has 0 atom stereocenters. The van der Waals surface area contributed by atoms with Crippen LogP contribution < -0.4 is 5.48 Å². The van der Waals surface area contributed by atoms with E-state index in [9.17, 15) is 4.79 Å². The quantitative estimate of drug-likeness (QED) is 0.457. The second-order valence-corrected chi connectivity index (χ2v) is 6.64. The summed E-state index contributed by atoms with van der Waals surface area (Å²) in [6.45, 7) is 2.20. The Morgan fingerprint density at radius 1 is 1.14 bits per heavy atom. The van der Waals surface area contributed by atoms with E-state index >= 15 is 0 Å². The number of halogens is 1. The van der Waals surface area contributed by atoms with E-state index in [4.69, 9.17) is 16.4 Å². The third kappa shape index (κ3) is 3.50. The van der Waals surface area contributed by atoms with E-state index in [1.54, 1.807) is 12.4 Å². The van der Waals surface area contributed by atoms with Crippen molar-refractivity contribution >= 4 is 28.4 Å². The van der Waals surface area contributed by atoms with Crippen LogP contribution in [0.4, 0.5) is 0 Å². The van der Waals surface area contributed by atoms with Crippen molar-refractivity contribution in [3.8, 4) is 22.4 Å². The van der Waals surface area contributed by atoms with Gasteiger partial charge >= 0.3 is 0 Å². The number of nitrogens with one attached hydrogen (secondary N) is 2. The SMILES string of the molecule is CCONC(=O)c1c[nH]c2cc(Cl)c(-c3ccc(-c4ccccn4)cc3)cc12. The molecular weight excluding hydrogens is 374 g/mol. The molecule has 2 N–H and O–H groups in total. The lowest BCUT2D eigenvalue weighted by Gasteiger charge is -2.08. The number of carbonyl (C=O) groups excluding carboxylic acids is 1. The maximum absolute atomic E-state index is 12.3. The highest BCUT2D eigenvalue weighted by molar-refractivity contribution is 6.34. The molecule has 1 amide bonds. The molecule has 0 unspecified atom stereocenters. The number of hydrogen-bond donors (Lipinski definition) is 2. The van der Waals surface area contributed by atoms with Gasteiger partial charge in [-0.25, -0.2) is 5.48 Å². The van der Waals surface area contributed by atoms with Crippen molar-refractivity contribution in [2.24, 2.45) is 0 Å². The van der Waals surface area contributed by atoms with E-state index < -0.39 is 0 Å². The van der Waals surface area contributed by atoms with Crippen LogP contribution in [0.3, 0.4) is 0 Å². The topological polar surface area (TPSA) is 67.0 Å². The Morgan fingerprint density at radius 3 is 2.64 bits per heavy atom. The summed E-state index contributed by atoms with van der Waals surface area (Å²) in [4.78, 5) is 24.8. The maximum atomic E-state index is 12.3. The number of hydrogen-bond acceptors (Lipinski definition) is 3. The van der Waals surface area contributed by atoms with Crippen molar-refractivity contribution in [2.45, 2.75) is 6.92 Å². The molecule has 2 heterocycles. The Morgan fingerprint density at radius 2 is 1.93 bits per heavy atom. The zero-order chi connectivity index (χ0) is 19.5.